The highest BCUT2D eigenvalue weighted by Gasteiger charge is 2.19. The molecule has 0 bridgehead atoms. The van der Waals surface area contributed by atoms with Crippen molar-refractivity contribution in [2.45, 2.75) is 67.0 Å². The number of aromatic amines is 1. The van der Waals surface area contributed by atoms with Gasteiger partial charge < -0.3 is 15.2 Å². The lowest BCUT2D eigenvalue weighted by molar-refractivity contribution is -0.904. The number of carbonyl (C=O) groups is 1. The van der Waals surface area contributed by atoms with Gasteiger partial charge in [-0.2, -0.15) is 0 Å². The van der Waals surface area contributed by atoms with Crippen LogP contribution in [0.2, 0.25) is 0 Å². The first-order valence-corrected chi connectivity index (χ1v) is 10.7. The molecular formula is C20H33N4O2S+. The molecule has 0 spiro atoms. The molecule has 2 aromatic rings. The van der Waals surface area contributed by atoms with Crippen molar-refractivity contribution in [3.63, 3.8) is 0 Å². The number of hydrogen-bond acceptors (Lipinski definition) is 4. The minimum Gasteiger partial charge on any atom is -0.349 e. The number of H-pyrrole nitrogens is 1. The Morgan fingerprint density at radius 2 is 2.00 bits per heavy atom. The minimum atomic E-state index is -0.0558. The molecule has 1 unspecified atom stereocenters. The number of carbonyl (C=O) groups excluding carboxylic acids is 1. The fourth-order valence-electron chi connectivity index (χ4n) is 3.19. The zero-order chi connectivity index (χ0) is 20.1. The van der Waals surface area contributed by atoms with Crippen LogP contribution in [-0.2, 0) is 17.8 Å². The summed E-state index contributed by atoms with van der Waals surface area (Å²) in [5.74, 6) is 1.21. The molecule has 0 aliphatic carbocycles. The topological polar surface area (TPSA) is 79.3 Å². The highest BCUT2D eigenvalue weighted by molar-refractivity contribution is 7.18. The molecule has 2 atom stereocenters. The van der Waals surface area contributed by atoms with E-state index >= 15 is 0 Å². The number of thiophene rings is 1. The molecule has 1 amide bonds. The third-order valence-corrected chi connectivity index (χ3v) is 5.98. The van der Waals surface area contributed by atoms with Crippen molar-refractivity contribution in [2.24, 2.45) is 5.92 Å². The highest BCUT2D eigenvalue weighted by Crippen LogP contribution is 2.29. The molecular weight excluding hydrogens is 360 g/mol. The van der Waals surface area contributed by atoms with Gasteiger partial charge in [0.15, 0.2) is 12.4 Å². The van der Waals surface area contributed by atoms with E-state index in [-0.39, 0.29) is 17.5 Å². The Hall–Kier alpha value is -1.73. The average Bonchev–Trinajstić information content (AvgIpc) is 2.89. The van der Waals surface area contributed by atoms with Crippen LogP contribution in [0.15, 0.2) is 4.79 Å². The van der Waals surface area contributed by atoms with Crippen molar-refractivity contribution < 1.29 is 9.69 Å². The monoisotopic (exact) mass is 393 g/mol. The molecule has 0 radical (unpaired) electrons. The second kappa shape index (κ2) is 9.46. The average molecular weight is 394 g/mol. The van der Waals surface area contributed by atoms with Crippen LogP contribution in [-0.4, -0.2) is 35.0 Å². The van der Waals surface area contributed by atoms with Gasteiger partial charge in [0.1, 0.15) is 11.4 Å². The number of rotatable bonds is 9. The van der Waals surface area contributed by atoms with Gasteiger partial charge in [-0.3, -0.25) is 9.59 Å². The summed E-state index contributed by atoms with van der Waals surface area (Å²) in [7, 11) is 0. The lowest BCUT2D eigenvalue weighted by Crippen LogP contribution is -3.11. The van der Waals surface area contributed by atoms with Crippen LogP contribution in [0.3, 0.4) is 0 Å². The van der Waals surface area contributed by atoms with Gasteiger partial charge in [0.25, 0.3) is 11.5 Å². The predicted molar refractivity (Wildman–Crippen MR) is 111 cm³/mol. The summed E-state index contributed by atoms with van der Waals surface area (Å²) < 4.78 is 0. The molecule has 0 aromatic carbocycles. The molecule has 150 valence electrons. The van der Waals surface area contributed by atoms with E-state index in [9.17, 15) is 9.59 Å². The second-order valence-corrected chi connectivity index (χ2v) is 8.93. The molecule has 0 fully saturated rings. The summed E-state index contributed by atoms with van der Waals surface area (Å²) in [6.45, 7) is 14.1. The Morgan fingerprint density at radius 3 is 2.59 bits per heavy atom. The van der Waals surface area contributed by atoms with Crippen LogP contribution in [0.25, 0.3) is 10.2 Å². The Kier molecular flexibility index (Phi) is 7.56. The lowest BCUT2D eigenvalue weighted by Gasteiger charge is -2.17. The Balaban J connectivity index is 2.25. The first-order chi connectivity index (χ1) is 12.7. The molecule has 3 N–H and O–H groups in total. The van der Waals surface area contributed by atoms with Gasteiger partial charge in [0.2, 0.25) is 0 Å². The number of amides is 1. The molecule has 7 heteroatoms. The van der Waals surface area contributed by atoms with Gasteiger partial charge in [-0.05, 0) is 45.6 Å². The van der Waals surface area contributed by atoms with Crippen molar-refractivity contribution in [3.8, 4) is 0 Å². The standard InChI is InChI=1S/C20H32N4O2S/c1-7-13(5)9-15-14(6)27-20-18(15)19(26)22-16(23-20)10-24(8-2)11-17(25)21-12(3)4/h12-13H,7-11H2,1-6H3,(H,21,25)(H,22,23,26)/p+1/t13-/m1/s1. The van der Waals surface area contributed by atoms with Crippen molar-refractivity contribution >= 4 is 27.5 Å². The van der Waals surface area contributed by atoms with E-state index in [0.717, 1.165) is 40.1 Å². The minimum absolute atomic E-state index is 0.0214. The van der Waals surface area contributed by atoms with Crippen molar-refractivity contribution in [1.29, 1.82) is 0 Å². The number of aromatic nitrogens is 2. The molecule has 0 aliphatic rings. The summed E-state index contributed by atoms with van der Waals surface area (Å²) in [6, 6.07) is 0.128. The normalized spacial score (nSPS) is 13.9. The van der Waals surface area contributed by atoms with Crippen LogP contribution in [0.5, 0.6) is 0 Å². The number of fused-ring (bicyclic) bond motifs is 1. The van der Waals surface area contributed by atoms with Gasteiger partial charge in [-0.25, -0.2) is 4.98 Å². The zero-order valence-corrected chi connectivity index (χ0v) is 18.2. The van der Waals surface area contributed by atoms with E-state index in [0.29, 0.717) is 24.8 Å². The van der Waals surface area contributed by atoms with Gasteiger partial charge in [-0.1, -0.05) is 20.3 Å². The number of hydrogen-bond donors (Lipinski definition) is 3. The number of quaternary nitrogens is 1. The maximum Gasteiger partial charge on any atom is 0.275 e. The SMILES string of the molecule is CC[C@@H](C)Cc1c(C)sc2nc(C[NH+](CC)CC(=O)NC(C)C)[nH]c(=O)c12. The molecule has 0 aliphatic heterocycles. The Morgan fingerprint density at radius 1 is 1.30 bits per heavy atom. The van der Waals surface area contributed by atoms with E-state index in [2.05, 4.69) is 31.1 Å². The van der Waals surface area contributed by atoms with E-state index in [4.69, 9.17) is 4.98 Å². The number of likely N-dealkylation sites (N-methyl/N-ethyl adjacent to an activating group) is 1. The van der Waals surface area contributed by atoms with Gasteiger partial charge in [0.05, 0.1) is 11.9 Å². The molecule has 6 nitrogen and oxygen atoms in total. The maximum atomic E-state index is 12.8. The lowest BCUT2D eigenvalue weighted by atomic mass is 9.98. The highest BCUT2D eigenvalue weighted by atomic mass is 32.1. The summed E-state index contributed by atoms with van der Waals surface area (Å²) in [5, 5.41) is 3.67. The first-order valence-electron chi connectivity index (χ1n) is 9.89. The van der Waals surface area contributed by atoms with Gasteiger partial charge >= 0.3 is 0 Å². The Bertz CT molecular complexity index is 840. The molecule has 27 heavy (non-hydrogen) atoms. The molecule has 2 rings (SSSR count). The van der Waals surface area contributed by atoms with E-state index < -0.39 is 0 Å². The summed E-state index contributed by atoms with van der Waals surface area (Å²) in [5.41, 5.74) is 1.08. The summed E-state index contributed by atoms with van der Waals surface area (Å²) in [4.78, 5) is 35.6. The molecule has 2 heterocycles. The fraction of sp³-hybridized carbons (Fsp3) is 0.650. The van der Waals surface area contributed by atoms with E-state index in [1.807, 2.05) is 20.8 Å². The van der Waals surface area contributed by atoms with Crippen LogP contribution in [0, 0.1) is 12.8 Å². The summed E-state index contributed by atoms with van der Waals surface area (Å²) in [6.07, 6.45) is 2.00. The second-order valence-electron chi connectivity index (χ2n) is 7.73. The third kappa shape index (κ3) is 5.62. The third-order valence-electron chi connectivity index (χ3n) is 4.94. The maximum absolute atomic E-state index is 12.8. The van der Waals surface area contributed by atoms with Crippen LogP contribution in [0.4, 0.5) is 0 Å². The van der Waals surface area contributed by atoms with Crippen LogP contribution >= 0.6 is 11.3 Å². The fourth-order valence-corrected chi connectivity index (χ4v) is 4.26. The van der Waals surface area contributed by atoms with Crippen molar-refractivity contribution in [3.05, 3.63) is 26.6 Å². The molecule has 0 saturated heterocycles. The summed E-state index contributed by atoms with van der Waals surface area (Å²) >= 11 is 1.60. The predicted octanol–water partition coefficient (Wildman–Crippen LogP) is 1.81. The molecule has 2 aromatic heterocycles. The van der Waals surface area contributed by atoms with E-state index in [1.54, 1.807) is 11.3 Å². The van der Waals surface area contributed by atoms with Crippen molar-refractivity contribution in [2.75, 3.05) is 13.1 Å². The largest absolute Gasteiger partial charge is 0.349 e. The van der Waals surface area contributed by atoms with Gasteiger partial charge in [0, 0.05) is 10.9 Å². The zero-order valence-electron chi connectivity index (χ0n) is 17.4. The Labute approximate surface area is 165 Å². The number of nitrogens with zero attached hydrogens (tertiary/aromatic N) is 1. The number of aryl methyl sites for hydroxylation is 1. The van der Waals surface area contributed by atoms with Crippen molar-refractivity contribution in [1.82, 2.24) is 15.3 Å². The van der Waals surface area contributed by atoms with E-state index in [1.165, 1.54) is 4.88 Å². The molecule has 0 saturated carbocycles. The van der Waals surface area contributed by atoms with Crippen LogP contribution in [0.1, 0.15) is 57.3 Å². The quantitative estimate of drug-likeness (QED) is 0.608. The first kappa shape index (κ1) is 21.6. The smallest absolute Gasteiger partial charge is 0.275 e. The number of nitrogens with one attached hydrogen (secondary N) is 3. The van der Waals surface area contributed by atoms with Gasteiger partial charge in [-0.15, -0.1) is 11.3 Å². The van der Waals surface area contributed by atoms with Crippen LogP contribution < -0.4 is 15.8 Å².